The maximum absolute atomic E-state index is 1.69. The van der Waals surface area contributed by atoms with Gasteiger partial charge in [-0.25, -0.2) is 0 Å². The Bertz CT molecular complexity index is 235. The van der Waals surface area contributed by atoms with Gasteiger partial charge in [0.15, 0.2) is 0 Å². The van der Waals surface area contributed by atoms with Crippen molar-refractivity contribution in [1.29, 1.82) is 0 Å². The summed E-state index contributed by atoms with van der Waals surface area (Å²) >= 11 is 1.80. The Kier molecular flexibility index (Phi) is 17.6. The fourth-order valence-electron chi connectivity index (χ4n) is 1.96. The van der Waals surface area contributed by atoms with Crippen molar-refractivity contribution < 1.29 is 0 Å². The van der Waals surface area contributed by atoms with E-state index in [4.69, 9.17) is 0 Å². The summed E-state index contributed by atoms with van der Waals surface area (Å²) in [5, 5.41) is 3.38. The number of hydrogen-bond acceptors (Lipinski definition) is 0. The van der Waals surface area contributed by atoms with Crippen LogP contribution in [0.3, 0.4) is 0 Å². The fourth-order valence-corrected chi connectivity index (χ4v) is 196. The molecule has 6 heteroatoms. The third-order valence-electron chi connectivity index (χ3n) is 3.01. The predicted molar refractivity (Wildman–Crippen MR) is 98.7 cm³/mol. The summed E-state index contributed by atoms with van der Waals surface area (Å²) in [5.41, 5.74) is 0. The van der Waals surface area contributed by atoms with Gasteiger partial charge in [0, 0.05) is 0 Å². The van der Waals surface area contributed by atoms with Gasteiger partial charge >= 0.3 is 143 Å². The van der Waals surface area contributed by atoms with Gasteiger partial charge in [0.05, 0.1) is 0 Å². The first-order valence-corrected chi connectivity index (χ1v) is 35.8. The zero-order valence-electron chi connectivity index (χ0n) is 11.2. The van der Waals surface area contributed by atoms with Crippen molar-refractivity contribution >= 4 is 68.3 Å². The Morgan fingerprint density at radius 2 is 0.667 bits per heavy atom. The van der Waals surface area contributed by atoms with Gasteiger partial charge in [-0.15, -0.1) is 0 Å². The first-order chi connectivity index (χ1) is 9.00. The molecule has 0 N–H and O–H groups in total. The van der Waals surface area contributed by atoms with Crippen LogP contribution in [-0.2, 0) is 0 Å². The topological polar surface area (TPSA) is 0 Å². The Morgan fingerprint density at radius 1 is 0.333 bits per heavy atom. The average molecular weight is 648 g/mol. The molecule has 0 aromatic heterocycles. The van der Waals surface area contributed by atoms with Crippen LogP contribution in [0.5, 0.6) is 0 Å². The summed E-state index contributed by atoms with van der Waals surface area (Å²) in [5.74, 6) is 0. The van der Waals surface area contributed by atoms with E-state index in [1.165, 1.54) is 25.7 Å². The molecule has 1 aliphatic heterocycles. The quantitative estimate of drug-likeness (QED) is 0.344. The molecule has 0 bridgehead atoms. The summed E-state index contributed by atoms with van der Waals surface area (Å²) in [6.45, 7) is 0. The van der Waals surface area contributed by atoms with Gasteiger partial charge in [0.2, 0.25) is 0 Å². The zero-order valence-corrected chi connectivity index (χ0v) is 22.4. The molecule has 0 fully saturated rings. The molecule has 18 heavy (non-hydrogen) atoms. The van der Waals surface area contributed by atoms with Crippen LogP contribution in [-0.4, -0.2) is 68.3 Å². The minimum atomic E-state index is 0.901. The van der Waals surface area contributed by atoms with Gasteiger partial charge in [-0.05, 0) is 0 Å². The summed E-state index contributed by atoms with van der Waals surface area (Å²) in [6.07, 6.45) is 15.6. The van der Waals surface area contributed by atoms with Gasteiger partial charge in [0.25, 0.3) is 0 Å². The second-order valence-corrected chi connectivity index (χ2v) is 63.7. The molecule has 1 aliphatic rings. The Morgan fingerprint density at radius 3 is 1.06 bits per heavy atom. The van der Waals surface area contributed by atoms with E-state index in [2.05, 4.69) is 0 Å². The molecule has 0 nitrogen and oxygen atoms in total. The van der Waals surface area contributed by atoms with E-state index in [-0.39, 0.29) is 0 Å². The molecule has 0 amide bonds. The van der Waals surface area contributed by atoms with Crippen LogP contribution in [0.25, 0.3) is 0 Å². The number of rotatable bonds is 0. The van der Waals surface area contributed by atoms with E-state index < -0.39 is 0 Å². The molecule has 0 aromatic rings. The molecule has 0 saturated carbocycles. The fraction of sp³-hybridized carbons (Fsp3) is 1.00. The maximum atomic E-state index is 1.69. The summed E-state index contributed by atoms with van der Waals surface area (Å²) < 4.78 is 0. The second kappa shape index (κ2) is 16.5. The van der Waals surface area contributed by atoms with E-state index in [1.807, 2.05) is 0 Å². The molecule has 0 aromatic carbocycles. The van der Waals surface area contributed by atoms with Crippen molar-refractivity contribution in [3.63, 3.8) is 0 Å². The molecule has 0 unspecified atom stereocenters. The van der Waals surface area contributed by atoms with Crippen LogP contribution in [0, 0.1) is 0 Å². The molecule has 0 radical (unpaired) electrons. The monoisotopic (exact) mass is 654 g/mol. The number of hydrogen-bond donors (Lipinski definition) is 0. The second-order valence-electron chi connectivity index (χ2n) is 4.62. The van der Waals surface area contributed by atoms with Gasteiger partial charge < -0.3 is 0 Å². The summed E-state index contributed by atoms with van der Waals surface area (Å²) in [6, 6.07) is 0. The van der Waals surface area contributed by atoms with E-state index in [9.17, 15) is 0 Å². The minimum absolute atomic E-state index is 0.901. The molecule has 1 rings (SSSR count). The summed E-state index contributed by atoms with van der Waals surface area (Å²) in [4.78, 5) is 0. The standard InChI is InChI=1S/C12H30Se6/c1-2-4-6-8-10-12-14-16-18-17-15-13-11-9-7-5-3-1/h13-18H,1-12H2. The van der Waals surface area contributed by atoms with E-state index in [0.29, 0.717) is 0 Å². The molecule has 0 spiro atoms. The van der Waals surface area contributed by atoms with Crippen LogP contribution < -0.4 is 0 Å². The first-order valence-electron chi connectivity index (χ1n) is 7.13. The SMILES string of the molecule is C1CCCCCC[SeH]=[SeH][SeH]=[SeH][SeH]=[SeH]CCCCC1. The zero-order chi connectivity index (χ0) is 12.7. The van der Waals surface area contributed by atoms with Crippen LogP contribution >= 0.6 is 0 Å². The van der Waals surface area contributed by atoms with Gasteiger partial charge in [0.1, 0.15) is 0 Å². The van der Waals surface area contributed by atoms with Crippen LogP contribution in [0.4, 0.5) is 0 Å². The Hall–Kier alpha value is 3.12. The third kappa shape index (κ3) is 14.1. The van der Waals surface area contributed by atoms with Crippen molar-refractivity contribution in [2.45, 2.75) is 74.8 Å². The molecular weight excluding hydrogens is 618 g/mol. The molecule has 0 aliphatic carbocycles. The van der Waals surface area contributed by atoms with Crippen molar-refractivity contribution in [2.75, 3.05) is 0 Å². The molecule has 0 atom stereocenters. The van der Waals surface area contributed by atoms with Gasteiger partial charge in [-0.2, -0.15) is 0 Å². The summed E-state index contributed by atoms with van der Waals surface area (Å²) in [7, 11) is 3.99. The molecular formula is C12H30Se6. The third-order valence-corrected chi connectivity index (χ3v) is 115. The van der Waals surface area contributed by atoms with Gasteiger partial charge in [-0.3, -0.25) is 0 Å². The van der Waals surface area contributed by atoms with Crippen molar-refractivity contribution in [1.82, 2.24) is 0 Å². The van der Waals surface area contributed by atoms with Crippen LogP contribution in [0.1, 0.15) is 64.2 Å². The Balaban J connectivity index is 2.20. The molecule has 114 valence electrons. The van der Waals surface area contributed by atoms with E-state index in [0.717, 1.165) is 68.3 Å². The normalized spacial score (nSPS) is 24.0. The molecule has 1 heterocycles. The molecule has 0 saturated heterocycles. The van der Waals surface area contributed by atoms with Crippen molar-refractivity contribution in [3.05, 3.63) is 0 Å². The van der Waals surface area contributed by atoms with Crippen LogP contribution in [0.2, 0.25) is 10.6 Å². The van der Waals surface area contributed by atoms with E-state index >= 15 is 0 Å². The predicted octanol–water partition coefficient (Wildman–Crippen LogP) is 0.932. The van der Waals surface area contributed by atoms with Gasteiger partial charge in [-0.1, -0.05) is 0 Å². The van der Waals surface area contributed by atoms with E-state index in [1.54, 1.807) is 49.2 Å². The first kappa shape index (κ1) is 19.2. The van der Waals surface area contributed by atoms with Crippen LogP contribution in [0.15, 0.2) is 0 Å². The Labute approximate surface area is 141 Å². The average Bonchev–Trinajstić information content (AvgIpc) is 2.39. The van der Waals surface area contributed by atoms with Crippen molar-refractivity contribution in [3.8, 4) is 0 Å². The van der Waals surface area contributed by atoms with Crippen molar-refractivity contribution in [2.24, 2.45) is 0 Å².